The first-order valence-corrected chi connectivity index (χ1v) is 8.83. The lowest BCUT2D eigenvalue weighted by Gasteiger charge is -2.08. The van der Waals surface area contributed by atoms with E-state index in [0.29, 0.717) is 23.4 Å². The van der Waals surface area contributed by atoms with Gasteiger partial charge in [0.2, 0.25) is 0 Å². The summed E-state index contributed by atoms with van der Waals surface area (Å²) in [6, 6.07) is 11.3. The van der Waals surface area contributed by atoms with Crippen LogP contribution in [-0.2, 0) is 0 Å². The molecular weight excluding hydrogens is 392 g/mol. The molecule has 9 heteroatoms. The van der Waals surface area contributed by atoms with Crippen LogP contribution in [0.15, 0.2) is 60.0 Å². The molecule has 0 spiro atoms. The van der Waals surface area contributed by atoms with Crippen LogP contribution in [0.3, 0.4) is 0 Å². The lowest BCUT2D eigenvalue weighted by atomic mass is 10.1. The average Bonchev–Trinajstić information content (AvgIpc) is 2.75. The third-order valence-corrected chi connectivity index (χ3v) is 3.98. The number of nitrogens with zero attached hydrogens (tertiary/aromatic N) is 4. The van der Waals surface area contributed by atoms with Crippen LogP contribution in [0.25, 0.3) is 0 Å². The van der Waals surface area contributed by atoms with Crippen molar-refractivity contribution >= 4 is 17.4 Å². The van der Waals surface area contributed by atoms with E-state index in [1.54, 1.807) is 12.1 Å². The van der Waals surface area contributed by atoms with Gasteiger partial charge in [0.15, 0.2) is 5.75 Å². The van der Waals surface area contributed by atoms with Gasteiger partial charge in [-0.3, -0.25) is 4.79 Å². The van der Waals surface area contributed by atoms with E-state index >= 15 is 0 Å². The molecule has 3 rings (SSSR count). The zero-order valence-corrected chi connectivity index (χ0v) is 15.8. The standard InChI is InChI=1S/C21H15F2N5O2/c1-2-18(28-30-15-8-7-14(10-24)25-12-15)13-6-9-19(26-11-13)27-21(29)20-16(22)4-3-5-17(20)23/h3-9,11-12H,2H2,1H3,(H,26,27,29). The third kappa shape index (κ3) is 4.80. The summed E-state index contributed by atoms with van der Waals surface area (Å²) in [5.74, 6) is -2.37. The first-order valence-electron chi connectivity index (χ1n) is 8.83. The van der Waals surface area contributed by atoms with Gasteiger partial charge in [0.1, 0.15) is 34.8 Å². The normalized spacial score (nSPS) is 10.9. The predicted octanol–water partition coefficient (Wildman–Crippen LogP) is 4.07. The summed E-state index contributed by atoms with van der Waals surface area (Å²) >= 11 is 0. The maximum atomic E-state index is 13.7. The van der Waals surface area contributed by atoms with E-state index in [0.717, 1.165) is 12.1 Å². The molecule has 2 heterocycles. The van der Waals surface area contributed by atoms with Gasteiger partial charge in [-0.15, -0.1) is 0 Å². The molecule has 0 saturated heterocycles. The Balaban J connectivity index is 1.71. The van der Waals surface area contributed by atoms with E-state index in [4.69, 9.17) is 10.1 Å². The second-order valence-corrected chi connectivity index (χ2v) is 5.96. The topological polar surface area (TPSA) is 100 Å². The molecule has 3 aromatic rings. The first-order chi connectivity index (χ1) is 14.5. The monoisotopic (exact) mass is 407 g/mol. The Morgan fingerprint density at radius 3 is 2.47 bits per heavy atom. The van der Waals surface area contributed by atoms with Crippen molar-refractivity contribution in [2.24, 2.45) is 5.16 Å². The highest BCUT2D eigenvalue weighted by molar-refractivity contribution is 6.04. The summed E-state index contributed by atoms with van der Waals surface area (Å²) in [6.45, 7) is 1.87. The van der Waals surface area contributed by atoms with Crippen LogP contribution in [-0.4, -0.2) is 21.6 Å². The van der Waals surface area contributed by atoms with Gasteiger partial charge in [-0.25, -0.2) is 18.7 Å². The number of aromatic nitrogens is 2. The molecular formula is C21H15F2N5O2. The van der Waals surface area contributed by atoms with Crippen molar-refractivity contribution in [2.75, 3.05) is 5.32 Å². The number of benzene rings is 1. The fourth-order valence-electron chi connectivity index (χ4n) is 2.46. The van der Waals surface area contributed by atoms with Crippen molar-refractivity contribution in [3.8, 4) is 11.8 Å². The van der Waals surface area contributed by atoms with E-state index in [1.165, 1.54) is 30.6 Å². The molecule has 0 aliphatic rings. The molecule has 1 N–H and O–H groups in total. The van der Waals surface area contributed by atoms with Crippen LogP contribution < -0.4 is 10.2 Å². The number of rotatable bonds is 6. The van der Waals surface area contributed by atoms with Crippen molar-refractivity contribution in [1.29, 1.82) is 5.26 Å². The van der Waals surface area contributed by atoms with E-state index in [1.807, 2.05) is 13.0 Å². The van der Waals surface area contributed by atoms with Gasteiger partial charge in [0, 0.05) is 11.8 Å². The molecule has 30 heavy (non-hydrogen) atoms. The van der Waals surface area contributed by atoms with Crippen molar-refractivity contribution in [1.82, 2.24) is 9.97 Å². The third-order valence-electron chi connectivity index (χ3n) is 3.98. The van der Waals surface area contributed by atoms with Crippen molar-refractivity contribution in [3.63, 3.8) is 0 Å². The molecule has 7 nitrogen and oxygen atoms in total. The van der Waals surface area contributed by atoms with Crippen LogP contribution in [0.1, 0.15) is 35.0 Å². The maximum absolute atomic E-state index is 13.7. The van der Waals surface area contributed by atoms with E-state index in [9.17, 15) is 13.6 Å². The van der Waals surface area contributed by atoms with Gasteiger partial charge in [-0.2, -0.15) is 5.26 Å². The number of oxime groups is 1. The van der Waals surface area contributed by atoms with Gasteiger partial charge in [0.25, 0.3) is 5.91 Å². The minimum absolute atomic E-state index is 0.124. The zero-order valence-electron chi connectivity index (χ0n) is 15.8. The summed E-state index contributed by atoms with van der Waals surface area (Å²) < 4.78 is 27.4. The first kappa shape index (κ1) is 20.5. The van der Waals surface area contributed by atoms with E-state index in [-0.39, 0.29) is 11.5 Å². The number of amides is 1. The predicted molar refractivity (Wildman–Crippen MR) is 105 cm³/mol. The summed E-state index contributed by atoms with van der Waals surface area (Å²) in [5.41, 5.74) is 0.793. The quantitative estimate of drug-likeness (QED) is 0.490. The fraction of sp³-hybridized carbons (Fsp3) is 0.0952. The average molecular weight is 407 g/mol. The van der Waals surface area contributed by atoms with Crippen LogP contribution in [0.2, 0.25) is 0 Å². The second-order valence-electron chi connectivity index (χ2n) is 5.96. The minimum atomic E-state index is -0.959. The molecule has 0 aliphatic carbocycles. The lowest BCUT2D eigenvalue weighted by Crippen LogP contribution is -2.16. The maximum Gasteiger partial charge on any atom is 0.262 e. The fourth-order valence-corrected chi connectivity index (χ4v) is 2.46. The van der Waals surface area contributed by atoms with Crippen LogP contribution in [0.4, 0.5) is 14.6 Å². The number of carbonyl (C=O) groups excluding carboxylic acids is 1. The number of pyridine rings is 2. The molecule has 1 amide bonds. The summed E-state index contributed by atoms with van der Waals surface area (Å²) in [6.07, 6.45) is 3.36. The SMILES string of the molecule is CCC(=NOc1ccc(C#N)nc1)c1ccc(NC(=O)c2c(F)cccc2F)nc1. The van der Waals surface area contributed by atoms with Crippen LogP contribution >= 0.6 is 0 Å². The number of carbonyl (C=O) groups is 1. The van der Waals surface area contributed by atoms with E-state index in [2.05, 4.69) is 20.4 Å². The molecule has 0 aliphatic heterocycles. The summed E-state index contributed by atoms with van der Waals surface area (Å²) in [4.78, 5) is 25.4. The molecule has 0 fully saturated rings. The van der Waals surface area contributed by atoms with Crippen molar-refractivity contribution in [3.05, 3.63) is 83.3 Å². The van der Waals surface area contributed by atoms with Gasteiger partial charge in [-0.1, -0.05) is 18.1 Å². The molecule has 150 valence electrons. The Morgan fingerprint density at radius 2 is 1.90 bits per heavy atom. The number of nitriles is 1. The molecule has 0 unspecified atom stereocenters. The highest BCUT2D eigenvalue weighted by Crippen LogP contribution is 2.16. The Kier molecular flexibility index (Phi) is 6.39. The summed E-state index contributed by atoms with van der Waals surface area (Å²) in [5, 5.41) is 15.2. The molecule has 0 bridgehead atoms. The lowest BCUT2D eigenvalue weighted by molar-refractivity contribution is 0.101. The minimum Gasteiger partial charge on any atom is -0.355 e. The Bertz CT molecular complexity index is 1100. The largest absolute Gasteiger partial charge is 0.355 e. The number of nitrogens with one attached hydrogen (secondary N) is 1. The Labute approximate surface area is 170 Å². The number of halogens is 2. The number of hydrogen-bond donors (Lipinski definition) is 1. The van der Waals surface area contributed by atoms with Gasteiger partial charge < -0.3 is 10.2 Å². The smallest absolute Gasteiger partial charge is 0.262 e. The van der Waals surface area contributed by atoms with E-state index < -0.39 is 23.1 Å². The Morgan fingerprint density at radius 1 is 1.13 bits per heavy atom. The number of anilines is 1. The van der Waals surface area contributed by atoms with Gasteiger partial charge >= 0.3 is 0 Å². The van der Waals surface area contributed by atoms with Crippen molar-refractivity contribution < 1.29 is 18.4 Å². The molecule has 0 saturated carbocycles. The molecule has 0 atom stereocenters. The van der Waals surface area contributed by atoms with Crippen LogP contribution in [0, 0.1) is 23.0 Å². The highest BCUT2D eigenvalue weighted by Gasteiger charge is 2.17. The number of hydrogen-bond acceptors (Lipinski definition) is 6. The van der Waals surface area contributed by atoms with Gasteiger partial charge in [0.05, 0.1) is 11.9 Å². The second kappa shape index (κ2) is 9.34. The molecule has 0 radical (unpaired) electrons. The molecule has 1 aromatic carbocycles. The molecule has 2 aromatic heterocycles. The zero-order chi connectivity index (χ0) is 21.5. The summed E-state index contributed by atoms with van der Waals surface area (Å²) in [7, 11) is 0. The Hall–Kier alpha value is -4.19. The van der Waals surface area contributed by atoms with Crippen molar-refractivity contribution in [2.45, 2.75) is 13.3 Å². The van der Waals surface area contributed by atoms with Crippen LogP contribution in [0.5, 0.6) is 5.75 Å². The van der Waals surface area contributed by atoms with Gasteiger partial charge in [-0.05, 0) is 42.8 Å². The highest BCUT2D eigenvalue weighted by atomic mass is 19.1.